The molecular formula is C12H19ClN2O3. The number of alkyl halides is 1. The van der Waals surface area contributed by atoms with Gasteiger partial charge in [-0.3, -0.25) is 4.79 Å². The lowest BCUT2D eigenvalue weighted by molar-refractivity contribution is -0.119. The van der Waals surface area contributed by atoms with Gasteiger partial charge in [-0.1, -0.05) is 0 Å². The van der Waals surface area contributed by atoms with Gasteiger partial charge in [-0.15, -0.1) is 11.6 Å². The number of nitrogens with zero attached hydrogens (tertiary/aromatic N) is 1. The molecule has 0 radical (unpaired) electrons. The monoisotopic (exact) mass is 274 g/mol. The number of carbonyl (C=O) groups is 2. The Morgan fingerprint density at radius 3 is 2.33 bits per heavy atom. The van der Waals surface area contributed by atoms with Gasteiger partial charge < -0.3 is 15.0 Å². The molecule has 1 unspecified atom stereocenters. The van der Waals surface area contributed by atoms with Crippen LogP contribution < -0.4 is 5.32 Å². The summed E-state index contributed by atoms with van der Waals surface area (Å²) in [6.07, 6.45) is -0.267. The molecule has 2 rings (SSSR count). The average molecular weight is 275 g/mol. The van der Waals surface area contributed by atoms with Crippen molar-refractivity contribution in [2.75, 3.05) is 19.0 Å². The third-order valence-electron chi connectivity index (χ3n) is 3.29. The Balaban J connectivity index is 1.77. The van der Waals surface area contributed by atoms with Crippen LogP contribution in [0.1, 0.15) is 20.8 Å². The third-order valence-corrected chi connectivity index (χ3v) is 3.54. The standard InChI is InChI=1S/C12H19ClN2O3/c1-12(2,3)18-11(17)15-5-7-8(6-15)10(7)14-9(16)4-13/h7-8,10H,4-6H2,1-3H3,(H,14,16)/t7-,8+,10?. The fraction of sp³-hybridized carbons (Fsp3) is 0.833. The molecule has 2 amide bonds. The Labute approximate surface area is 112 Å². The van der Waals surface area contributed by atoms with Crippen molar-refractivity contribution in [2.24, 2.45) is 11.8 Å². The summed E-state index contributed by atoms with van der Waals surface area (Å²) in [4.78, 5) is 24.7. The van der Waals surface area contributed by atoms with Gasteiger partial charge in [0.25, 0.3) is 0 Å². The highest BCUT2D eigenvalue weighted by molar-refractivity contribution is 6.27. The van der Waals surface area contributed by atoms with Crippen molar-refractivity contribution in [3.8, 4) is 0 Å². The van der Waals surface area contributed by atoms with E-state index in [0.29, 0.717) is 24.9 Å². The maximum atomic E-state index is 11.8. The number of halogens is 1. The second-order valence-electron chi connectivity index (χ2n) is 5.94. The molecule has 1 saturated carbocycles. The molecule has 6 heteroatoms. The van der Waals surface area contributed by atoms with E-state index < -0.39 is 5.60 Å². The number of ether oxygens (including phenoxy) is 1. The van der Waals surface area contributed by atoms with E-state index in [1.807, 2.05) is 20.8 Å². The Morgan fingerprint density at radius 2 is 1.89 bits per heavy atom. The predicted octanol–water partition coefficient (Wildman–Crippen LogP) is 1.21. The zero-order valence-corrected chi connectivity index (χ0v) is 11.7. The number of likely N-dealkylation sites (tertiary alicyclic amines) is 1. The number of hydrogen-bond donors (Lipinski definition) is 1. The van der Waals surface area contributed by atoms with E-state index >= 15 is 0 Å². The Hall–Kier alpha value is -0.970. The molecule has 3 atom stereocenters. The van der Waals surface area contributed by atoms with Gasteiger partial charge in [-0.2, -0.15) is 0 Å². The summed E-state index contributed by atoms with van der Waals surface area (Å²) in [5.74, 6) is 0.584. The largest absolute Gasteiger partial charge is 0.444 e. The fourth-order valence-corrected chi connectivity index (χ4v) is 2.52. The van der Waals surface area contributed by atoms with Crippen molar-refractivity contribution in [1.29, 1.82) is 0 Å². The van der Waals surface area contributed by atoms with Gasteiger partial charge in [0.05, 0.1) is 0 Å². The number of fused-ring (bicyclic) bond motifs is 1. The molecule has 1 saturated heterocycles. The molecule has 1 aliphatic carbocycles. The second kappa shape index (κ2) is 4.61. The second-order valence-corrected chi connectivity index (χ2v) is 6.21. The summed E-state index contributed by atoms with van der Waals surface area (Å²) in [6, 6.07) is 0.190. The normalized spacial score (nSPS) is 29.8. The smallest absolute Gasteiger partial charge is 0.410 e. The van der Waals surface area contributed by atoms with E-state index in [1.165, 1.54) is 0 Å². The number of carbonyl (C=O) groups excluding carboxylic acids is 2. The lowest BCUT2D eigenvalue weighted by atomic mass is 10.2. The van der Waals surface area contributed by atoms with Gasteiger partial charge in [-0.05, 0) is 20.8 Å². The molecule has 0 spiro atoms. The van der Waals surface area contributed by atoms with Crippen LogP contribution in [0.2, 0.25) is 0 Å². The van der Waals surface area contributed by atoms with Gasteiger partial charge in [0.15, 0.2) is 0 Å². The van der Waals surface area contributed by atoms with E-state index in [2.05, 4.69) is 5.32 Å². The van der Waals surface area contributed by atoms with Crippen LogP contribution in [0.4, 0.5) is 4.79 Å². The van der Waals surface area contributed by atoms with Crippen LogP contribution in [-0.4, -0.2) is 47.5 Å². The van der Waals surface area contributed by atoms with Crippen molar-refractivity contribution in [3.05, 3.63) is 0 Å². The summed E-state index contributed by atoms with van der Waals surface area (Å²) in [7, 11) is 0. The maximum absolute atomic E-state index is 11.8. The Bertz CT molecular complexity index is 355. The van der Waals surface area contributed by atoms with Crippen molar-refractivity contribution in [1.82, 2.24) is 10.2 Å². The molecule has 1 aliphatic heterocycles. The maximum Gasteiger partial charge on any atom is 0.410 e. The Morgan fingerprint density at radius 1 is 1.33 bits per heavy atom. The zero-order chi connectivity index (χ0) is 13.5. The molecule has 18 heavy (non-hydrogen) atoms. The molecule has 102 valence electrons. The van der Waals surface area contributed by atoms with Crippen molar-refractivity contribution < 1.29 is 14.3 Å². The van der Waals surface area contributed by atoms with E-state index in [-0.39, 0.29) is 23.9 Å². The number of amides is 2. The topological polar surface area (TPSA) is 58.6 Å². The van der Waals surface area contributed by atoms with Crippen LogP contribution in [0.25, 0.3) is 0 Å². The van der Waals surface area contributed by atoms with E-state index in [0.717, 1.165) is 0 Å². The number of rotatable bonds is 2. The van der Waals surface area contributed by atoms with Gasteiger partial charge in [0.2, 0.25) is 5.91 Å². The summed E-state index contributed by atoms with van der Waals surface area (Å²) >= 11 is 5.44. The van der Waals surface area contributed by atoms with Gasteiger partial charge >= 0.3 is 6.09 Å². The first-order valence-electron chi connectivity index (χ1n) is 6.15. The average Bonchev–Trinajstić information content (AvgIpc) is 2.73. The fourth-order valence-electron chi connectivity index (χ4n) is 2.44. The molecule has 0 aromatic carbocycles. The first kappa shape index (κ1) is 13.5. The van der Waals surface area contributed by atoms with Crippen LogP contribution in [0, 0.1) is 11.8 Å². The molecule has 0 aromatic rings. The van der Waals surface area contributed by atoms with E-state index in [4.69, 9.17) is 16.3 Å². The summed E-state index contributed by atoms with van der Waals surface area (Å²) in [5, 5.41) is 2.86. The first-order valence-corrected chi connectivity index (χ1v) is 6.68. The predicted molar refractivity (Wildman–Crippen MR) is 67.4 cm³/mol. The van der Waals surface area contributed by atoms with E-state index in [9.17, 15) is 9.59 Å². The summed E-state index contributed by atoms with van der Waals surface area (Å²) < 4.78 is 5.31. The number of hydrogen-bond acceptors (Lipinski definition) is 3. The minimum absolute atomic E-state index is 0.00821. The van der Waals surface area contributed by atoms with Crippen molar-refractivity contribution in [3.63, 3.8) is 0 Å². The summed E-state index contributed by atoms with van der Waals surface area (Å²) in [6.45, 7) is 6.88. The summed E-state index contributed by atoms with van der Waals surface area (Å²) in [5.41, 5.74) is -0.462. The van der Waals surface area contributed by atoms with E-state index in [1.54, 1.807) is 4.90 Å². The van der Waals surface area contributed by atoms with Crippen molar-refractivity contribution >= 4 is 23.6 Å². The molecule has 2 aliphatic rings. The molecule has 1 heterocycles. The molecule has 2 fully saturated rings. The molecule has 5 nitrogen and oxygen atoms in total. The minimum atomic E-state index is -0.462. The first-order chi connectivity index (χ1) is 8.31. The third kappa shape index (κ3) is 2.88. The highest BCUT2D eigenvalue weighted by atomic mass is 35.5. The molecule has 0 aromatic heterocycles. The highest BCUT2D eigenvalue weighted by Crippen LogP contribution is 2.45. The number of nitrogens with one attached hydrogen (secondary N) is 1. The lowest BCUT2D eigenvalue weighted by Gasteiger charge is -2.26. The molecule has 0 bridgehead atoms. The number of piperidine rings is 1. The lowest BCUT2D eigenvalue weighted by Crippen LogP contribution is -2.40. The van der Waals surface area contributed by atoms with Crippen LogP contribution in [-0.2, 0) is 9.53 Å². The SMILES string of the molecule is CC(C)(C)OC(=O)N1C[C@@H]2C(NC(=O)CCl)[C@@H]2C1. The van der Waals surface area contributed by atoms with Crippen LogP contribution in [0.5, 0.6) is 0 Å². The highest BCUT2D eigenvalue weighted by Gasteiger charge is 2.57. The molecular weight excluding hydrogens is 256 g/mol. The van der Waals surface area contributed by atoms with Crippen LogP contribution in [0.3, 0.4) is 0 Å². The van der Waals surface area contributed by atoms with Gasteiger partial charge in [-0.25, -0.2) is 4.79 Å². The van der Waals surface area contributed by atoms with Crippen LogP contribution >= 0.6 is 11.6 Å². The van der Waals surface area contributed by atoms with Gasteiger partial charge in [0.1, 0.15) is 11.5 Å². The molecule has 1 N–H and O–H groups in total. The minimum Gasteiger partial charge on any atom is -0.444 e. The zero-order valence-electron chi connectivity index (χ0n) is 10.9. The Kier molecular flexibility index (Phi) is 3.45. The van der Waals surface area contributed by atoms with Gasteiger partial charge in [0, 0.05) is 31.0 Å². The van der Waals surface area contributed by atoms with Crippen LogP contribution in [0.15, 0.2) is 0 Å². The van der Waals surface area contributed by atoms with Crippen molar-refractivity contribution in [2.45, 2.75) is 32.4 Å². The quantitative estimate of drug-likeness (QED) is 0.770.